The van der Waals surface area contributed by atoms with E-state index in [1.54, 1.807) is 17.0 Å². The van der Waals surface area contributed by atoms with Crippen molar-refractivity contribution in [2.24, 2.45) is 11.7 Å². The topological polar surface area (TPSA) is 32.5 Å². The van der Waals surface area contributed by atoms with Gasteiger partial charge in [-0.25, -0.2) is 4.39 Å². The third-order valence-electron chi connectivity index (χ3n) is 3.79. The second kappa shape index (κ2) is 6.62. The molecule has 21 heavy (non-hydrogen) atoms. The summed E-state index contributed by atoms with van der Waals surface area (Å²) in [5, 5.41) is 0. The standard InChI is InChI=1S/C14H19F4N3/c15-12-1-3-13(4-2-12)21-7-5-20(6-8-21)10-11(9-19)14(16,17)18/h1-4,11H,5-10,19H2. The second-order valence-electron chi connectivity index (χ2n) is 5.24. The fourth-order valence-electron chi connectivity index (χ4n) is 2.46. The average molecular weight is 305 g/mol. The van der Waals surface area contributed by atoms with Gasteiger partial charge in [-0.1, -0.05) is 0 Å². The molecule has 1 fully saturated rings. The predicted molar refractivity (Wildman–Crippen MR) is 73.7 cm³/mol. The van der Waals surface area contributed by atoms with Gasteiger partial charge >= 0.3 is 6.18 Å². The minimum absolute atomic E-state index is 0.0583. The first kappa shape index (κ1) is 16.0. The molecule has 1 heterocycles. The van der Waals surface area contributed by atoms with Gasteiger partial charge < -0.3 is 10.6 Å². The van der Waals surface area contributed by atoms with E-state index in [2.05, 4.69) is 0 Å². The molecule has 0 spiro atoms. The van der Waals surface area contributed by atoms with E-state index < -0.39 is 12.1 Å². The third-order valence-corrected chi connectivity index (χ3v) is 3.79. The van der Waals surface area contributed by atoms with Gasteiger partial charge in [0, 0.05) is 45.0 Å². The molecule has 1 saturated heterocycles. The summed E-state index contributed by atoms with van der Waals surface area (Å²) < 4.78 is 51.0. The highest BCUT2D eigenvalue weighted by molar-refractivity contribution is 5.46. The van der Waals surface area contributed by atoms with E-state index in [-0.39, 0.29) is 18.9 Å². The van der Waals surface area contributed by atoms with Gasteiger partial charge in [0.05, 0.1) is 5.92 Å². The van der Waals surface area contributed by atoms with E-state index in [0.717, 1.165) is 5.69 Å². The summed E-state index contributed by atoms with van der Waals surface area (Å²) in [6.45, 7) is 1.90. The van der Waals surface area contributed by atoms with Gasteiger partial charge in [0.25, 0.3) is 0 Å². The fraction of sp³-hybridized carbons (Fsp3) is 0.571. The maximum atomic E-state index is 12.9. The largest absolute Gasteiger partial charge is 0.394 e. The Bertz CT molecular complexity index is 439. The Kier molecular flexibility index (Phi) is 5.05. The highest BCUT2D eigenvalue weighted by Gasteiger charge is 2.39. The van der Waals surface area contributed by atoms with Crippen LogP contribution >= 0.6 is 0 Å². The lowest BCUT2D eigenvalue weighted by Gasteiger charge is -2.37. The molecule has 1 unspecified atom stereocenters. The van der Waals surface area contributed by atoms with Crippen LogP contribution in [0.1, 0.15) is 0 Å². The van der Waals surface area contributed by atoms with Gasteiger partial charge in [-0.15, -0.1) is 0 Å². The van der Waals surface area contributed by atoms with Crippen LogP contribution in [0.5, 0.6) is 0 Å². The van der Waals surface area contributed by atoms with Crippen LogP contribution in [-0.4, -0.2) is 50.3 Å². The quantitative estimate of drug-likeness (QED) is 0.865. The molecule has 1 aromatic carbocycles. The number of alkyl halides is 3. The Hall–Kier alpha value is -1.34. The summed E-state index contributed by atoms with van der Waals surface area (Å²) >= 11 is 0. The van der Waals surface area contributed by atoms with Crippen LogP contribution in [0.4, 0.5) is 23.2 Å². The van der Waals surface area contributed by atoms with Gasteiger partial charge in [-0.3, -0.25) is 4.90 Å². The van der Waals surface area contributed by atoms with E-state index in [9.17, 15) is 17.6 Å². The van der Waals surface area contributed by atoms with E-state index >= 15 is 0 Å². The van der Waals surface area contributed by atoms with Crippen LogP contribution in [0.25, 0.3) is 0 Å². The van der Waals surface area contributed by atoms with Gasteiger partial charge in [0.15, 0.2) is 0 Å². The lowest BCUT2D eigenvalue weighted by atomic mass is 10.1. The fourth-order valence-corrected chi connectivity index (χ4v) is 2.46. The van der Waals surface area contributed by atoms with E-state index in [1.165, 1.54) is 12.1 Å². The van der Waals surface area contributed by atoms with E-state index in [1.807, 2.05) is 4.90 Å². The zero-order valence-electron chi connectivity index (χ0n) is 11.6. The van der Waals surface area contributed by atoms with Crippen LogP contribution in [0.15, 0.2) is 24.3 Å². The molecule has 2 N–H and O–H groups in total. The van der Waals surface area contributed by atoms with Crippen molar-refractivity contribution in [3.8, 4) is 0 Å². The number of halogens is 4. The van der Waals surface area contributed by atoms with Crippen molar-refractivity contribution in [2.45, 2.75) is 6.18 Å². The molecule has 0 amide bonds. The Morgan fingerprint density at radius 2 is 1.62 bits per heavy atom. The molecule has 3 nitrogen and oxygen atoms in total. The van der Waals surface area contributed by atoms with Crippen molar-refractivity contribution in [3.63, 3.8) is 0 Å². The number of anilines is 1. The maximum absolute atomic E-state index is 12.9. The highest BCUT2D eigenvalue weighted by Crippen LogP contribution is 2.26. The molecule has 0 saturated carbocycles. The molecule has 0 bridgehead atoms. The summed E-state index contributed by atoms with van der Waals surface area (Å²) in [6.07, 6.45) is -4.25. The minimum Gasteiger partial charge on any atom is -0.369 e. The lowest BCUT2D eigenvalue weighted by molar-refractivity contribution is -0.176. The Balaban J connectivity index is 1.87. The van der Waals surface area contributed by atoms with Crippen LogP contribution in [0.3, 0.4) is 0 Å². The molecule has 1 aromatic rings. The summed E-state index contributed by atoms with van der Waals surface area (Å²) in [7, 11) is 0. The highest BCUT2D eigenvalue weighted by atomic mass is 19.4. The molecule has 7 heteroatoms. The number of hydrogen-bond acceptors (Lipinski definition) is 3. The Morgan fingerprint density at radius 1 is 1.05 bits per heavy atom. The van der Waals surface area contributed by atoms with E-state index in [0.29, 0.717) is 26.2 Å². The van der Waals surface area contributed by atoms with Gasteiger partial charge in [-0.05, 0) is 24.3 Å². The maximum Gasteiger partial charge on any atom is 0.394 e. The van der Waals surface area contributed by atoms with Crippen LogP contribution in [0.2, 0.25) is 0 Å². The van der Waals surface area contributed by atoms with Crippen LogP contribution < -0.4 is 10.6 Å². The number of benzene rings is 1. The summed E-state index contributed by atoms with van der Waals surface area (Å²) in [5.74, 6) is -1.77. The number of piperazine rings is 1. The number of rotatable bonds is 4. The predicted octanol–water partition coefficient (Wildman–Crippen LogP) is 2.08. The second-order valence-corrected chi connectivity index (χ2v) is 5.24. The summed E-state index contributed by atoms with van der Waals surface area (Å²) in [6, 6.07) is 6.14. The average Bonchev–Trinajstić information content (AvgIpc) is 2.45. The van der Waals surface area contributed by atoms with Gasteiger partial charge in [-0.2, -0.15) is 13.2 Å². The van der Waals surface area contributed by atoms with Gasteiger partial charge in [0.1, 0.15) is 5.82 Å². The molecule has 1 aliphatic rings. The first-order valence-corrected chi connectivity index (χ1v) is 6.90. The third kappa shape index (κ3) is 4.31. The molecule has 0 radical (unpaired) electrons. The molecule has 118 valence electrons. The van der Waals surface area contributed by atoms with Gasteiger partial charge in [0.2, 0.25) is 0 Å². The smallest absolute Gasteiger partial charge is 0.369 e. The zero-order chi connectivity index (χ0) is 15.5. The molecule has 0 aliphatic carbocycles. The number of nitrogens with zero attached hydrogens (tertiary/aromatic N) is 2. The van der Waals surface area contributed by atoms with Crippen molar-refractivity contribution in [3.05, 3.63) is 30.1 Å². The Labute approximate surface area is 121 Å². The molecule has 1 atom stereocenters. The number of nitrogens with two attached hydrogens (primary N) is 1. The lowest BCUT2D eigenvalue weighted by Crippen LogP contribution is -2.50. The SMILES string of the molecule is NCC(CN1CCN(c2ccc(F)cc2)CC1)C(F)(F)F. The van der Waals surface area contributed by atoms with Crippen molar-refractivity contribution < 1.29 is 17.6 Å². The minimum atomic E-state index is -4.25. The van der Waals surface area contributed by atoms with Crippen molar-refractivity contribution >= 4 is 5.69 Å². The first-order valence-electron chi connectivity index (χ1n) is 6.90. The molecule has 1 aliphatic heterocycles. The summed E-state index contributed by atoms with van der Waals surface area (Å²) in [4.78, 5) is 3.83. The van der Waals surface area contributed by atoms with Crippen molar-refractivity contribution in [1.29, 1.82) is 0 Å². The zero-order valence-corrected chi connectivity index (χ0v) is 11.6. The molecule has 2 rings (SSSR count). The van der Waals surface area contributed by atoms with E-state index in [4.69, 9.17) is 5.73 Å². The molecule has 0 aromatic heterocycles. The van der Waals surface area contributed by atoms with Crippen LogP contribution in [0, 0.1) is 11.7 Å². The Morgan fingerprint density at radius 3 is 2.10 bits per heavy atom. The normalized spacial score (nSPS) is 18.8. The number of hydrogen-bond donors (Lipinski definition) is 1. The molecular weight excluding hydrogens is 286 g/mol. The monoisotopic (exact) mass is 305 g/mol. The first-order chi connectivity index (χ1) is 9.90. The van der Waals surface area contributed by atoms with Crippen LogP contribution in [-0.2, 0) is 0 Å². The summed E-state index contributed by atoms with van der Waals surface area (Å²) in [5.41, 5.74) is 6.11. The van der Waals surface area contributed by atoms with Crippen molar-refractivity contribution in [2.75, 3.05) is 44.2 Å². The van der Waals surface area contributed by atoms with Crippen molar-refractivity contribution in [1.82, 2.24) is 4.90 Å². The molecular formula is C14H19F4N3.